The van der Waals surface area contributed by atoms with Gasteiger partial charge in [0.25, 0.3) is 0 Å². The molecule has 11 heavy (non-hydrogen) atoms. The molecule has 1 rings (SSSR count). The van der Waals surface area contributed by atoms with Crippen LogP contribution in [0.15, 0.2) is 6.07 Å². The molecule has 2 nitrogen and oxygen atoms in total. The van der Waals surface area contributed by atoms with E-state index < -0.39 is 0 Å². The molecule has 0 unspecified atom stereocenters. The number of phenols is 2. The van der Waals surface area contributed by atoms with E-state index in [0.717, 1.165) is 5.56 Å². The van der Waals surface area contributed by atoms with Crippen molar-refractivity contribution >= 4 is 13.3 Å². The molecule has 3 heteroatoms. The van der Waals surface area contributed by atoms with Crippen LogP contribution in [0.4, 0.5) is 0 Å². The summed E-state index contributed by atoms with van der Waals surface area (Å²) < 4.78 is 0. The van der Waals surface area contributed by atoms with Crippen molar-refractivity contribution in [1.29, 1.82) is 0 Å². The second-order valence-electron chi connectivity index (χ2n) is 2.62. The number of aryl methyl sites for hydroxylation is 2. The van der Waals surface area contributed by atoms with E-state index in [1.54, 1.807) is 19.9 Å². The van der Waals surface area contributed by atoms with Crippen molar-refractivity contribution in [3.8, 4) is 11.5 Å². The molecule has 56 valence electrons. The Labute approximate surface area is 66.9 Å². The normalized spacial score (nSPS) is 10.0. The molecule has 1 aromatic rings. The highest BCUT2D eigenvalue weighted by Gasteiger charge is 2.07. The van der Waals surface area contributed by atoms with Crippen LogP contribution in [0, 0.1) is 13.8 Å². The molecule has 0 heterocycles. The predicted molar refractivity (Wildman–Crippen MR) is 44.6 cm³/mol. The molecule has 0 spiro atoms. The third-order valence-corrected chi connectivity index (χ3v) is 1.71. The summed E-state index contributed by atoms with van der Waals surface area (Å²) in [5.74, 6) is -0.351. The molecule has 0 fully saturated rings. The molecule has 0 aliphatic heterocycles. The molecule has 1 aromatic carbocycles. The van der Waals surface area contributed by atoms with Gasteiger partial charge in [-0.15, -0.1) is 0 Å². The van der Waals surface area contributed by atoms with Crippen LogP contribution in [0.3, 0.4) is 0 Å². The summed E-state index contributed by atoms with van der Waals surface area (Å²) in [6.45, 7) is 3.49. The number of rotatable bonds is 0. The number of phenolic OH excluding ortho intramolecular Hbond substituents is 2. The number of aromatic hydroxyl groups is 2. The van der Waals surface area contributed by atoms with E-state index in [1.165, 1.54) is 0 Å². The summed E-state index contributed by atoms with van der Waals surface area (Å²) in [5, 5.41) is 18.4. The highest BCUT2D eigenvalue weighted by atomic mass is 16.3. The summed E-state index contributed by atoms with van der Waals surface area (Å²) in [4.78, 5) is 0. The Bertz CT molecular complexity index is 268. The van der Waals surface area contributed by atoms with Gasteiger partial charge in [0.1, 0.15) is 7.85 Å². The van der Waals surface area contributed by atoms with Gasteiger partial charge in [0, 0.05) is 0 Å². The molecule has 0 aliphatic rings. The first kappa shape index (κ1) is 7.99. The van der Waals surface area contributed by atoms with E-state index in [4.69, 9.17) is 7.85 Å². The standard InChI is InChI=1S/C8H9BO2/c1-4-3-5(2)7(10)8(11)6(4)9/h3,10-11H,1-2H3. The zero-order valence-corrected chi connectivity index (χ0v) is 6.55. The van der Waals surface area contributed by atoms with Crippen molar-refractivity contribution in [2.45, 2.75) is 13.8 Å². The Morgan fingerprint density at radius 2 is 1.64 bits per heavy atom. The van der Waals surface area contributed by atoms with E-state index >= 15 is 0 Å². The van der Waals surface area contributed by atoms with E-state index in [0.29, 0.717) is 5.56 Å². The van der Waals surface area contributed by atoms with Crippen LogP contribution in [-0.4, -0.2) is 18.1 Å². The first-order valence-corrected chi connectivity index (χ1v) is 3.31. The monoisotopic (exact) mass is 148 g/mol. The molecule has 0 saturated heterocycles. The molecule has 0 amide bonds. The highest BCUT2D eigenvalue weighted by molar-refractivity contribution is 6.35. The molecule has 2 N–H and O–H groups in total. The fourth-order valence-corrected chi connectivity index (χ4v) is 0.972. The minimum atomic E-state index is -0.220. The Hall–Kier alpha value is -1.12. The van der Waals surface area contributed by atoms with Crippen molar-refractivity contribution in [1.82, 2.24) is 0 Å². The Kier molecular flexibility index (Phi) is 1.81. The Morgan fingerprint density at radius 3 is 2.18 bits per heavy atom. The maximum Gasteiger partial charge on any atom is 0.159 e. The fraction of sp³-hybridized carbons (Fsp3) is 0.250. The minimum Gasteiger partial charge on any atom is -0.505 e. The lowest BCUT2D eigenvalue weighted by Crippen LogP contribution is -2.08. The zero-order chi connectivity index (χ0) is 8.59. The molecular formula is C8H9BO2. The average Bonchev–Trinajstić information content (AvgIpc) is 1.97. The van der Waals surface area contributed by atoms with E-state index in [2.05, 4.69) is 0 Å². The van der Waals surface area contributed by atoms with Crippen molar-refractivity contribution in [3.63, 3.8) is 0 Å². The van der Waals surface area contributed by atoms with Crippen molar-refractivity contribution in [2.75, 3.05) is 0 Å². The summed E-state index contributed by atoms with van der Waals surface area (Å²) >= 11 is 0. The van der Waals surface area contributed by atoms with Crippen LogP contribution in [-0.2, 0) is 0 Å². The van der Waals surface area contributed by atoms with Gasteiger partial charge < -0.3 is 10.2 Å². The third kappa shape index (κ3) is 1.18. The Morgan fingerprint density at radius 1 is 1.09 bits per heavy atom. The number of hydrogen-bond acceptors (Lipinski definition) is 2. The maximum absolute atomic E-state index is 9.19. The number of hydrogen-bond donors (Lipinski definition) is 2. The molecule has 0 saturated carbocycles. The van der Waals surface area contributed by atoms with Crippen LogP contribution >= 0.6 is 0 Å². The van der Waals surface area contributed by atoms with Gasteiger partial charge in [-0.05, 0) is 24.9 Å². The van der Waals surface area contributed by atoms with Crippen LogP contribution in [0.2, 0.25) is 0 Å². The predicted octanol–water partition coefficient (Wildman–Crippen LogP) is 0.508. The third-order valence-electron chi connectivity index (χ3n) is 1.71. The molecule has 0 aliphatic carbocycles. The summed E-state index contributed by atoms with van der Waals surface area (Å²) in [6, 6.07) is 1.73. The van der Waals surface area contributed by atoms with Gasteiger partial charge >= 0.3 is 0 Å². The van der Waals surface area contributed by atoms with E-state index in [-0.39, 0.29) is 17.0 Å². The van der Waals surface area contributed by atoms with Gasteiger partial charge in [0.2, 0.25) is 0 Å². The van der Waals surface area contributed by atoms with Crippen molar-refractivity contribution in [3.05, 3.63) is 17.2 Å². The SMILES string of the molecule is [B]c1c(C)cc(C)c(O)c1O. The largest absolute Gasteiger partial charge is 0.505 e. The smallest absolute Gasteiger partial charge is 0.159 e. The summed E-state index contributed by atoms with van der Waals surface area (Å²) in [5.41, 5.74) is 1.65. The fourth-order valence-electron chi connectivity index (χ4n) is 0.972. The second kappa shape index (κ2) is 2.49. The average molecular weight is 148 g/mol. The zero-order valence-electron chi connectivity index (χ0n) is 6.55. The lowest BCUT2D eigenvalue weighted by molar-refractivity contribution is 0.404. The molecule has 0 atom stereocenters. The van der Waals surface area contributed by atoms with Gasteiger partial charge in [-0.1, -0.05) is 11.6 Å². The van der Waals surface area contributed by atoms with Gasteiger partial charge in [-0.25, -0.2) is 0 Å². The maximum atomic E-state index is 9.19. The first-order valence-electron chi connectivity index (χ1n) is 3.31. The molecule has 2 radical (unpaired) electrons. The minimum absolute atomic E-state index is 0.131. The van der Waals surface area contributed by atoms with Crippen LogP contribution < -0.4 is 5.46 Å². The van der Waals surface area contributed by atoms with E-state index in [9.17, 15) is 10.2 Å². The van der Waals surface area contributed by atoms with Crippen LogP contribution in [0.5, 0.6) is 11.5 Å². The van der Waals surface area contributed by atoms with Crippen LogP contribution in [0.25, 0.3) is 0 Å². The molecular weight excluding hydrogens is 139 g/mol. The van der Waals surface area contributed by atoms with Gasteiger partial charge in [0.15, 0.2) is 11.5 Å². The van der Waals surface area contributed by atoms with Gasteiger partial charge in [0.05, 0.1) is 0 Å². The summed E-state index contributed by atoms with van der Waals surface area (Å²) in [7, 11) is 5.44. The lowest BCUT2D eigenvalue weighted by Gasteiger charge is -2.07. The van der Waals surface area contributed by atoms with Gasteiger partial charge in [-0.3, -0.25) is 0 Å². The van der Waals surface area contributed by atoms with Crippen molar-refractivity contribution in [2.24, 2.45) is 0 Å². The number of benzene rings is 1. The topological polar surface area (TPSA) is 40.5 Å². The quantitative estimate of drug-likeness (QED) is 0.415. The van der Waals surface area contributed by atoms with E-state index in [1.807, 2.05) is 0 Å². The van der Waals surface area contributed by atoms with Crippen LogP contribution in [0.1, 0.15) is 11.1 Å². The second-order valence-corrected chi connectivity index (χ2v) is 2.62. The molecule has 0 bridgehead atoms. The Balaban J connectivity index is 3.46. The highest BCUT2D eigenvalue weighted by Crippen LogP contribution is 2.26. The summed E-state index contributed by atoms with van der Waals surface area (Å²) in [6.07, 6.45) is 0. The van der Waals surface area contributed by atoms with Crippen molar-refractivity contribution < 1.29 is 10.2 Å². The van der Waals surface area contributed by atoms with Gasteiger partial charge in [-0.2, -0.15) is 0 Å². The lowest BCUT2D eigenvalue weighted by atomic mass is 9.88. The molecule has 0 aromatic heterocycles. The first-order chi connectivity index (χ1) is 5.04.